The molecular formula is C22H16N2O. The Kier molecular flexibility index (Phi) is 4.21. The van der Waals surface area contributed by atoms with E-state index in [2.05, 4.69) is 16.0 Å². The molecule has 0 amide bonds. The second-order valence-corrected chi connectivity index (χ2v) is 5.56. The Labute approximate surface area is 146 Å². The van der Waals surface area contributed by atoms with Gasteiger partial charge in [0.2, 0.25) is 0 Å². The monoisotopic (exact) mass is 324 g/mol. The highest BCUT2D eigenvalue weighted by molar-refractivity contribution is 5.75. The molecule has 0 radical (unpaired) electrons. The van der Waals surface area contributed by atoms with Crippen LogP contribution in [0.5, 0.6) is 11.5 Å². The Balaban J connectivity index is 1.81. The Bertz CT molecular complexity index is 955. The quantitative estimate of drug-likeness (QED) is 0.490. The van der Waals surface area contributed by atoms with Crippen LogP contribution in [-0.4, -0.2) is 9.97 Å². The highest BCUT2D eigenvalue weighted by atomic mass is 16.5. The molecular weight excluding hydrogens is 308 g/mol. The Morgan fingerprint density at radius 1 is 0.600 bits per heavy atom. The van der Waals surface area contributed by atoms with E-state index < -0.39 is 0 Å². The molecule has 0 N–H and O–H groups in total. The molecule has 25 heavy (non-hydrogen) atoms. The van der Waals surface area contributed by atoms with Crippen LogP contribution in [-0.2, 0) is 0 Å². The zero-order valence-electron chi connectivity index (χ0n) is 13.5. The van der Waals surface area contributed by atoms with Crippen LogP contribution in [0.15, 0.2) is 97.3 Å². The fraction of sp³-hybridized carbons (Fsp3) is 0. The van der Waals surface area contributed by atoms with Gasteiger partial charge in [0, 0.05) is 23.5 Å². The molecule has 4 rings (SSSR count). The summed E-state index contributed by atoms with van der Waals surface area (Å²) in [6.45, 7) is 0. The van der Waals surface area contributed by atoms with Crippen molar-refractivity contribution in [3.8, 4) is 34.0 Å². The lowest BCUT2D eigenvalue weighted by atomic mass is 10.0. The predicted molar refractivity (Wildman–Crippen MR) is 99.4 cm³/mol. The first-order chi connectivity index (χ1) is 12.4. The molecule has 0 aliphatic heterocycles. The standard InChI is InChI=1S/C22H16N2O/c1-2-8-18(9-3-1)25-22-13-12-17(20-10-4-6-14-23-20)16-19(22)21-11-5-7-15-24-21/h1-16H. The third-order valence-corrected chi connectivity index (χ3v) is 3.85. The van der Waals surface area contributed by atoms with Gasteiger partial charge in [0.1, 0.15) is 11.5 Å². The van der Waals surface area contributed by atoms with Crippen LogP contribution in [0.4, 0.5) is 0 Å². The number of benzene rings is 2. The lowest BCUT2D eigenvalue weighted by Gasteiger charge is -2.13. The lowest BCUT2D eigenvalue weighted by molar-refractivity contribution is 0.484. The van der Waals surface area contributed by atoms with Crippen molar-refractivity contribution in [2.45, 2.75) is 0 Å². The minimum absolute atomic E-state index is 0.768. The minimum Gasteiger partial charge on any atom is -0.457 e. The molecule has 0 saturated heterocycles. The van der Waals surface area contributed by atoms with Crippen molar-refractivity contribution in [1.29, 1.82) is 0 Å². The summed E-state index contributed by atoms with van der Waals surface area (Å²) >= 11 is 0. The molecule has 3 nitrogen and oxygen atoms in total. The van der Waals surface area contributed by atoms with Crippen LogP contribution in [0.3, 0.4) is 0 Å². The van der Waals surface area contributed by atoms with E-state index >= 15 is 0 Å². The SMILES string of the molecule is c1ccc(Oc2ccc(-c3ccccn3)cc2-c2ccccn2)cc1. The van der Waals surface area contributed by atoms with Crippen molar-refractivity contribution in [3.63, 3.8) is 0 Å². The molecule has 120 valence electrons. The Morgan fingerprint density at radius 2 is 1.28 bits per heavy atom. The van der Waals surface area contributed by atoms with E-state index in [1.165, 1.54) is 0 Å². The smallest absolute Gasteiger partial charge is 0.136 e. The topological polar surface area (TPSA) is 35.0 Å². The molecule has 0 atom stereocenters. The lowest BCUT2D eigenvalue weighted by Crippen LogP contribution is -1.92. The van der Waals surface area contributed by atoms with Crippen LogP contribution in [0.1, 0.15) is 0 Å². The first-order valence-electron chi connectivity index (χ1n) is 8.10. The summed E-state index contributed by atoms with van der Waals surface area (Å²) in [6.07, 6.45) is 3.58. The average Bonchev–Trinajstić information content (AvgIpc) is 2.70. The fourth-order valence-corrected chi connectivity index (χ4v) is 2.65. The molecule has 0 saturated carbocycles. The van der Waals surface area contributed by atoms with Gasteiger partial charge in [-0.05, 0) is 54.6 Å². The molecule has 0 fully saturated rings. The van der Waals surface area contributed by atoms with Crippen LogP contribution < -0.4 is 4.74 Å². The van der Waals surface area contributed by atoms with Crippen molar-refractivity contribution >= 4 is 0 Å². The number of hydrogen-bond acceptors (Lipinski definition) is 3. The third-order valence-electron chi connectivity index (χ3n) is 3.85. The molecule has 0 bridgehead atoms. The molecule has 4 aromatic rings. The Morgan fingerprint density at radius 3 is 1.96 bits per heavy atom. The van der Waals surface area contributed by atoms with Crippen LogP contribution in [0, 0.1) is 0 Å². The number of pyridine rings is 2. The van der Waals surface area contributed by atoms with Gasteiger partial charge in [-0.1, -0.05) is 30.3 Å². The number of ether oxygens (including phenoxy) is 1. The number of para-hydroxylation sites is 1. The molecule has 0 aliphatic carbocycles. The van der Waals surface area contributed by atoms with Gasteiger partial charge in [0.15, 0.2) is 0 Å². The van der Waals surface area contributed by atoms with E-state index in [0.717, 1.165) is 34.0 Å². The molecule has 2 aromatic heterocycles. The second kappa shape index (κ2) is 6.97. The number of nitrogens with zero attached hydrogens (tertiary/aromatic N) is 2. The zero-order chi connectivity index (χ0) is 16.9. The van der Waals surface area contributed by atoms with E-state index in [0.29, 0.717) is 0 Å². The van der Waals surface area contributed by atoms with Gasteiger partial charge < -0.3 is 4.74 Å². The molecule has 2 heterocycles. The van der Waals surface area contributed by atoms with E-state index in [1.807, 2.05) is 78.9 Å². The Hall–Kier alpha value is -3.46. The highest BCUT2D eigenvalue weighted by Crippen LogP contribution is 2.35. The normalized spacial score (nSPS) is 10.4. The van der Waals surface area contributed by atoms with Crippen molar-refractivity contribution in [3.05, 3.63) is 97.3 Å². The minimum atomic E-state index is 0.768. The van der Waals surface area contributed by atoms with Crippen molar-refractivity contribution in [2.75, 3.05) is 0 Å². The zero-order valence-corrected chi connectivity index (χ0v) is 13.5. The predicted octanol–water partition coefficient (Wildman–Crippen LogP) is 5.60. The summed E-state index contributed by atoms with van der Waals surface area (Å²) in [5.74, 6) is 1.56. The number of aromatic nitrogens is 2. The summed E-state index contributed by atoms with van der Waals surface area (Å²) in [5.41, 5.74) is 3.76. The van der Waals surface area contributed by atoms with Gasteiger partial charge in [0.25, 0.3) is 0 Å². The van der Waals surface area contributed by atoms with Gasteiger partial charge in [-0.15, -0.1) is 0 Å². The maximum Gasteiger partial charge on any atom is 0.136 e. The maximum atomic E-state index is 6.09. The van der Waals surface area contributed by atoms with Gasteiger partial charge >= 0.3 is 0 Å². The fourth-order valence-electron chi connectivity index (χ4n) is 2.65. The second-order valence-electron chi connectivity index (χ2n) is 5.56. The van der Waals surface area contributed by atoms with Crippen molar-refractivity contribution in [2.24, 2.45) is 0 Å². The van der Waals surface area contributed by atoms with E-state index in [9.17, 15) is 0 Å². The average molecular weight is 324 g/mol. The van der Waals surface area contributed by atoms with Crippen molar-refractivity contribution in [1.82, 2.24) is 9.97 Å². The van der Waals surface area contributed by atoms with Crippen LogP contribution in [0.2, 0.25) is 0 Å². The van der Waals surface area contributed by atoms with Crippen LogP contribution in [0.25, 0.3) is 22.5 Å². The van der Waals surface area contributed by atoms with E-state index in [4.69, 9.17) is 4.74 Å². The molecule has 0 spiro atoms. The summed E-state index contributed by atoms with van der Waals surface area (Å²) in [5, 5.41) is 0. The van der Waals surface area contributed by atoms with Gasteiger partial charge in [-0.25, -0.2) is 0 Å². The first kappa shape index (κ1) is 15.1. The summed E-state index contributed by atoms with van der Waals surface area (Å²) in [4.78, 5) is 8.92. The number of rotatable bonds is 4. The molecule has 0 aliphatic rings. The van der Waals surface area contributed by atoms with Gasteiger partial charge in [-0.3, -0.25) is 9.97 Å². The highest BCUT2D eigenvalue weighted by Gasteiger charge is 2.11. The third kappa shape index (κ3) is 3.40. The summed E-state index contributed by atoms with van der Waals surface area (Å²) in [6, 6.07) is 27.6. The molecule has 2 aromatic carbocycles. The molecule has 0 unspecified atom stereocenters. The van der Waals surface area contributed by atoms with Crippen LogP contribution >= 0.6 is 0 Å². The molecule has 3 heteroatoms. The van der Waals surface area contributed by atoms with E-state index in [1.54, 1.807) is 12.4 Å². The largest absolute Gasteiger partial charge is 0.457 e. The summed E-state index contributed by atoms with van der Waals surface area (Å²) < 4.78 is 6.09. The number of hydrogen-bond donors (Lipinski definition) is 0. The summed E-state index contributed by atoms with van der Waals surface area (Å²) in [7, 11) is 0. The first-order valence-corrected chi connectivity index (χ1v) is 8.10. The van der Waals surface area contributed by atoms with E-state index in [-0.39, 0.29) is 0 Å². The van der Waals surface area contributed by atoms with Gasteiger partial charge in [-0.2, -0.15) is 0 Å². The maximum absolute atomic E-state index is 6.09. The van der Waals surface area contributed by atoms with Gasteiger partial charge in [0.05, 0.1) is 11.4 Å². The van der Waals surface area contributed by atoms with Crippen molar-refractivity contribution < 1.29 is 4.74 Å².